The molecule has 2 aromatic heterocycles. The summed E-state index contributed by atoms with van der Waals surface area (Å²) in [6.45, 7) is 6.21. The van der Waals surface area contributed by atoms with Gasteiger partial charge in [0.05, 0.1) is 11.4 Å². The minimum Gasteiger partial charge on any atom is -0.366 e. The van der Waals surface area contributed by atoms with Gasteiger partial charge in [-0.1, -0.05) is 12.1 Å². The van der Waals surface area contributed by atoms with Crippen molar-refractivity contribution in [3.63, 3.8) is 0 Å². The summed E-state index contributed by atoms with van der Waals surface area (Å²) in [6, 6.07) is 7.64. The van der Waals surface area contributed by atoms with E-state index in [0.29, 0.717) is 6.54 Å². The Hall–Kier alpha value is -2.23. The van der Waals surface area contributed by atoms with Crippen LogP contribution in [0.2, 0.25) is 0 Å². The predicted octanol–water partition coefficient (Wildman–Crippen LogP) is 2.44. The Morgan fingerprint density at radius 1 is 1.29 bits per heavy atom. The van der Waals surface area contributed by atoms with Crippen LogP contribution < -0.4 is 5.32 Å². The zero-order valence-electron chi connectivity index (χ0n) is 9.72. The van der Waals surface area contributed by atoms with E-state index >= 15 is 0 Å². The molecule has 0 aliphatic carbocycles. The highest BCUT2D eigenvalue weighted by Gasteiger charge is 2.04. The van der Waals surface area contributed by atoms with Gasteiger partial charge in [0.25, 0.3) is 0 Å². The first kappa shape index (κ1) is 11.3. The predicted molar refractivity (Wildman–Crippen MR) is 68.7 cm³/mol. The molecule has 0 saturated heterocycles. The molecule has 0 aliphatic rings. The Morgan fingerprint density at radius 3 is 2.88 bits per heavy atom. The molecule has 0 unspecified atom stereocenters. The van der Waals surface area contributed by atoms with Gasteiger partial charge in [-0.05, 0) is 19.1 Å². The fourth-order valence-corrected chi connectivity index (χ4v) is 1.48. The van der Waals surface area contributed by atoms with Gasteiger partial charge in [0.2, 0.25) is 0 Å². The van der Waals surface area contributed by atoms with Gasteiger partial charge in [-0.3, -0.25) is 4.98 Å². The molecule has 4 heteroatoms. The van der Waals surface area contributed by atoms with Crippen molar-refractivity contribution in [3.8, 4) is 11.4 Å². The van der Waals surface area contributed by atoms with E-state index in [4.69, 9.17) is 0 Å². The third kappa shape index (κ3) is 2.87. The molecule has 0 spiro atoms. The lowest BCUT2D eigenvalue weighted by atomic mass is 10.2. The van der Waals surface area contributed by atoms with Gasteiger partial charge in [-0.2, -0.15) is 0 Å². The van der Waals surface area contributed by atoms with Crippen LogP contribution in [0.5, 0.6) is 0 Å². The van der Waals surface area contributed by atoms with E-state index in [9.17, 15) is 0 Å². The van der Waals surface area contributed by atoms with Gasteiger partial charge in [0.15, 0.2) is 0 Å². The van der Waals surface area contributed by atoms with E-state index in [1.807, 2.05) is 31.2 Å². The number of anilines is 1. The minimum atomic E-state index is 0.679. The second-order valence-electron chi connectivity index (χ2n) is 3.57. The Balaban J connectivity index is 2.35. The molecule has 0 fully saturated rings. The molecular weight excluding hydrogens is 212 g/mol. The van der Waals surface area contributed by atoms with Crippen molar-refractivity contribution < 1.29 is 0 Å². The average molecular weight is 226 g/mol. The summed E-state index contributed by atoms with van der Waals surface area (Å²) >= 11 is 0. The van der Waals surface area contributed by atoms with Crippen LogP contribution in [0, 0.1) is 6.92 Å². The Kier molecular flexibility index (Phi) is 3.45. The van der Waals surface area contributed by atoms with Crippen molar-refractivity contribution in [1.82, 2.24) is 15.0 Å². The smallest absolute Gasteiger partial charge is 0.130 e. The van der Waals surface area contributed by atoms with E-state index in [1.54, 1.807) is 12.3 Å². The van der Waals surface area contributed by atoms with Gasteiger partial charge in [-0.15, -0.1) is 6.58 Å². The largest absolute Gasteiger partial charge is 0.366 e. The number of nitrogens with one attached hydrogen (secondary N) is 1. The van der Waals surface area contributed by atoms with E-state index in [1.165, 1.54) is 0 Å². The van der Waals surface area contributed by atoms with Crippen LogP contribution in [-0.4, -0.2) is 21.5 Å². The fraction of sp³-hybridized carbons (Fsp3) is 0.154. The Labute approximate surface area is 100 Å². The second-order valence-corrected chi connectivity index (χ2v) is 3.57. The monoisotopic (exact) mass is 226 g/mol. The van der Waals surface area contributed by atoms with Gasteiger partial charge >= 0.3 is 0 Å². The molecule has 86 valence electrons. The molecular formula is C13H14N4. The average Bonchev–Trinajstić information content (AvgIpc) is 2.37. The maximum atomic E-state index is 4.37. The topological polar surface area (TPSA) is 50.7 Å². The molecule has 0 saturated carbocycles. The van der Waals surface area contributed by atoms with E-state index in [2.05, 4.69) is 26.8 Å². The van der Waals surface area contributed by atoms with Crippen LogP contribution in [0.3, 0.4) is 0 Å². The SMILES string of the molecule is C=CCNc1cc(-c2ccccn2)nc(C)n1. The molecule has 0 aliphatic heterocycles. The number of hydrogen-bond donors (Lipinski definition) is 1. The lowest BCUT2D eigenvalue weighted by Crippen LogP contribution is -2.03. The van der Waals surface area contributed by atoms with Crippen molar-refractivity contribution in [3.05, 3.63) is 48.9 Å². The molecule has 0 atom stereocenters. The summed E-state index contributed by atoms with van der Waals surface area (Å²) < 4.78 is 0. The standard InChI is InChI=1S/C13H14N4/c1-3-7-15-13-9-12(16-10(2)17-13)11-6-4-5-8-14-11/h3-6,8-9H,1,7H2,2H3,(H,15,16,17). The first-order valence-corrected chi connectivity index (χ1v) is 5.41. The van der Waals surface area contributed by atoms with Crippen LogP contribution in [0.25, 0.3) is 11.4 Å². The van der Waals surface area contributed by atoms with E-state index < -0.39 is 0 Å². The van der Waals surface area contributed by atoms with Crippen molar-refractivity contribution >= 4 is 5.82 Å². The summed E-state index contributed by atoms with van der Waals surface area (Å²) in [4.78, 5) is 12.9. The lowest BCUT2D eigenvalue weighted by Gasteiger charge is -2.06. The van der Waals surface area contributed by atoms with Gasteiger partial charge in [0.1, 0.15) is 11.6 Å². The summed E-state index contributed by atoms with van der Waals surface area (Å²) in [5.41, 5.74) is 1.67. The number of nitrogens with zero attached hydrogens (tertiary/aromatic N) is 3. The number of aryl methyl sites for hydroxylation is 1. The normalized spacial score (nSPS) is 9.94. The quantitative estimate of drug-likeness (QED) is 0.813. The van der Waals surface area contributed by atoms with Crippen molar-refractivity contribution in [2.45, 2.75) is 6.92 Å². The minimum absolute atomic E-state index is 0.679. The van der Waals surface area contributed by atoms with Crippen LogP contribution in [0.1, 0.15) is 5.82 Å². The molecule has 2 rings (SSSR count). The zero-order valence-corrected chi connectivity index (χ0v) is 9.72. The van der Waals surface area contributed by atoms with E-state index in [0.717, 1.165) is 23.0 Å². The Morgan fingerprint density at radius 2 is 2.18 bits per heavy atom. The second kappa shape index (κ2) is 5.21. The lowest BCUT2D eigenvalue weighted by molar-refractivity contribution is 1.04. The number of hydrogen-bond acceptors (Lipinski definition) is 4. The highest BCUT2D eigenvalue weighted by Crippen LogP contribution is 2.16. The maximum Gasteiger partial charge on any atom is 0.130 e. The van der Waals surface area contributed by atoms with Crippen molar-refractivity contribution in [1.29, 1.82) is 0 Å². The van der Waals surface area contributed by atoms with Crippen LogP contribution >= 0.6 is 0 Å². The number of aromatic nitrogens is 3. The summed E-state index contributed by atoms with van der Waals surface area (Å²) in [5.74, 6) is 1.51. The molecule has 1 N–H and O–H groups in total. The first-order chi connectivity index (χ1) is 8.29. The van der Waals surface area contributed by atoms with Gasteiger partial charge in [-0.25, -0.2) is 9.97 Å². The van der Waals surface area contributed by atoms with Crippen LogP contribution in [0.4, 0.5) is 5.82 Å². The molecule has 0 amide bonds. The third-order valence-corrected chi connectivity index (χ3v) is 2.19. The van der Waals surface area contributed by atoms with Crippen molar-refractivity contribution in [2.75, 3.05) is 11.9 Å². The summed E-state index contributed by atoms with van der Waals surface area (Å²) in [7, 11) is 0. The molecule has 2 aromatic rings. The first-order valence-electron chi connectivity index (χ1n) is 5.41. The molecule has 0 radical (unpaired) electrons. The van der Waals surface area contributed by atoms with Gasteiger partial charge in [0, 0.05) is 18.8 Å². The number of pyridine rings is 1. The zero-order chi connectivity index (χ0) is 12.1. The van der Waals surface area contributed by atoms with E-state index in [-0.39, 0.29) is 0 Å². The van der Waals surface area contributed by atoms with Gasteiger partial charge < -0.3 is 5.32 Å². The van der Waals surface area contributed by atoms with Crippen molar-refractivity contribution in [2.24, 2.45) is 0 Å². The summed E-state index contributed by atoms with van der Waals surface area (Å²) in [6.07, 6.45) is 3.54. The van der Waals surface area contributed by atoms with Crippen LogP contribution in [0.15, 0.2) is 43.1 Å². The highest BCUT2D eigenvalue weighted by atomic mass is 15.0. The molecule has 0 aromatic carbocycles. The number of rotatable bonds is 4. The molecule has 2 heterocycles. The van der Waals surface area contributed by atoms with Crippen LogP contribution in [-0.2, 0) is 0 Å². The molecule has 0 bridgehead atoms. The third-order valence-electron chi connectivity index (χ3n) is 2.19. The molecule has 17 heavy (non-hydrogen) atoms. The highest BCUT2D eigenvalue weighted by molar-refractivity contribution is 5.58. The molecule has 4 nitrogen and oxygen atoms in total. The Bertz CT molecular complexity index is 508. The summed E-state index contributed by atoms with van der Waals surface area (Å²) in [5, 5.41) is 3.15. The maximum absolute atomic E-state index is 4.37. The fourth-order valence-electron chi connectivity index (χ4n) is 1.48.